The minimum absolute atomic E-state index is 0.0392. The van der Waals surface area contributed by atoms with E-state index in [2.05, 4.69) is 0 Å². The van der Waals surface area contributed by atoms with Crippen LogP contribution in [0, 0.1) is 0 Å². The Morgan fingerprint density at radius 2 is 1.58 bits per heavy atom. The van der Waals surface area contributed by atoms with Crippen molar-refractivity contribution in [2.45, 2.75) is 6.61 Å². The third kappa shape index (κ3) is 4.16. The highest BCUT2D eigenvalue weighted by molar-refractivity contribution is 5.89. The Hall–Kier alpha value is -3.22. The van der Waals surface area contributed by atoms with E-state index in [0.717, 1.165) is 5.56 Å². The van der Waals surface area contributed by atoms with Crippen molar-refractivity contribution < 1.29 is 33.6 Å². The summed E-state index contributed by atoms with van der Waals surface area (Å²) in [4.78, 5) is 23.0. The molecule has 0 aliphatic heterocycles. The van der Waals surface area contributed by atoms with Crippen LogP contribution in [0.4, 0.5) is 4.79 Å². The maximum Gasteiger partial charge on any atom is 0.514 e. The Morgan fingerprint density at radius 3 is 2.08 bits per heavy atom. The van der Waals surface area contributed by atoms with Crippen molar-refractivity contribution >= 4 is 12.1 Å². The van der Waals surface area contributed by atoms with Gasteiger partial charge in [-0.05, 0) is 17.7 Å². The summed E-state index contributed by atoms with van der Waals surface area (Å²) in [7, 11) is 2.64. The largest absolute Gasteiger partial charge is 0.514 e. The first-order valence-corrected chi connectivity index (χ1v) is 6.93. The zero-order valence-electron chi connectivity index (χ0n) is 13.1. The van der Waals surface area contributed by atoms with Crippen LogP contribution in [0.1, 0.15) is 15.9 Å². The third-order valence-corrected chi connectivity index (χ3v) is 3.09. The minimum Gasteiger partial charge on any atom is -0.493 e. The molecule has 0 saturated heterocycles. The van der Waals surface area contributed by atoms with E-state index in [4.69, 9.17) is 24.1 Å². The average molecular weight is 332 g/mol. The second kappa shape index (κ2) is 7.87. The predicted octanol–water partition coefficient (Wildman–Crippen LogP) is 3.12. The zero-order valence-corrected chi connectivity index (χ0v) is 13.1. The van der Waals surface area contributed by atoms with Crippen LogP contribution in [-0.4, -0.2) is 31.5 Å². The number of ether oxygens (including phenoxy) is 4. The van der Waals surface area contributed by atoms with E-state index in [1.807, 2.05) is 18.2 Å². The molecule has 2 rings (SSSR count). The highest BCUT2D eigenvalue weighted by Gasteiger charge is 2.20. The molecule has 0 heterocycles. The molecule has 24 heavy (non-hydrogen) atoms. The van der Waals surface area contributed by atoms with Crippen LogP contribution in [-0.2, 0) is 11.3 Å². The number of carbonyl (C=O) groups is 2. The first-order valence-electron chi connectivity index (χ1n) is 6.93. The smallest absolute Gasteiger partial charge is 0.493 e. The lowest BCUT2D eigenvalue weighted by Crippen LogP contribution is -2.12. The Labute approximate surface area is 138 Å². The summed E-state index contributed by atoms with van der Waals surface area (Å²) in [6.07, 6.45) is -0.960. The molecular formula is C17H16O7. The molecule has 0 bridgehead atoms. The van der Waals surface area contributed by atoms with Crippen molar-refractivity contribution in [1.82, 2.24) is 0 Å². The van der Waals surface area contributed by atoms with Gasteiger partial charge in [0, 0.05) is 0 Å². The molecule has 0 amide bonds. The van der Waals surface area contributed by atoms with Crippen LogP contribution in [0.3, 0.4) is 0 Å². The lowest BCUT2D eigenvalue weighted by molar-refractivity contribution is 0.0696. The van der Waals surface area contributed by atoms with Gasteiger partial charge in [0.1, 0.15) is 6.61 Å². The quantitative estimate of drug-likeness (QED) is 0.642. The molecule has 0 saturated carbocycles. The summed E-state index contributed by atoms with van der Waals surface area (Å²) in [5, 5.41) is 9.06. The van der Waals surface area contributed by atoms with Crippen LogP contribution in [0.5, 0.6) is 17.2 Å². The van der Waals surface area contributed by atoms with E-state index in [-0.39, 0.29) is 29.4 Å². The monoisotopic (exact) mass is 332 g/mol. The third-order valence-electron chi connectivity index (χ3n) is 3.09. The summed E-state index contributed by atoms with van der Waals surface area (Å²) in [6.45, 7) is 0.0392. The van der Waals surface area contributed by atoms with Gasteiger partial charge >= 0.3 is 12.1 Å². The fraction of sp³-hybridized carbons (Fsp3) is 0.176. The normalized spacial score (nSPS) is 9.92. The first-order chi connectivity index (χ1) is 11.5. The summed E-state index contributed by atoms with van der Waals surface area (Å²) in [5.41, 5.74) is 0.739. The molecule has 2 aromatic carbocycles. The molecule has 0 radical (unpaired) electrons. The molecule has 0 fully saturated rings. The van der Waals surface area contributed by atoms with Gasteiger partial charge in [0.2, 0.25) is 5.75 Å². The molecule has 2 aromatic rings. The Kier molecular flexibility index (Phi) is 5.62. The van der Waals surface area contributed by atoms with Crippen LogP contribution >= 0.6 is 0 Å². The van der Waals surface area contributed by atoms with Crippen molar-refractivity contribution in [2.75, 3.05) is 14.2 Å². The van der Waals surface area contributed by atoms with Crippen LogP contribution in [0.2, 0.25) is 0 Å². The van der Waals surface area contributed by atoms with Gasteiger partial charge in [0.05, 0.1) is 19.8 Å². The molecule has 7 nitrogen and oxygen atoms in total. The SMILES string of the molecule is COc1cc(C(=O)O)cc(OC)c1OC(=O)OCc1ccccc1. The number of hydrogen-bond donors (Lipinski definition) is 1. The number of rotatable bonds is 6. The maximum atomic E-state index is 11.9. The van der Waals surface area contributed by atoms with Gasteiger partial charge in [-0.25, -0.2) is 9.59 Å². The molecule has 1 N–H and O–H groups in total. The van der Waals surface area contributed by atoms with Gasteiger partial charge in [-0.15, -0.1) is 0 Å². The topological polar surface area (TPSA) is 91.3 Å². The molecule has 0 atom stereocenters. The summed E-state index contributed by atoms with van der Waals surface area (Å²) in [6, 6.07) is 11.5. The molecular weight excluding hydrogens is 316 g/mol. The van der Waals surface area contributed by atoms with Gasteiger partial charge in [-0.2, -0.15) is 0 Å². The van der Waals surface area contributed by atoms with E-state index in [9.17, 15) is 9.59 Å². The lowest BCUT2D eigenvalue weighted by atomic mass is 10.2. The van der Waals surface area contributed by atoms with E-state index >= 15 is 0 Å². The second-order valence-electron chi connectivity index (χ2n) is 4.64. The Morgan fingerprint density at radius 1 is 1.00 bits per heavy atom. The van der Waals surface area contributed by atoms with Crippen LogP contribution in [0.25, 0.3) is 0 Å². The zero-order chi connectivity index (χ0) is 17.5. The van der Waals surface area contributed by atoms with Crippen LogP contribution < -0.4 is 14.2 Å². The van der Waals surface area contributed by atoms with E-state index in [1.165, 1.54) is 26.4 Å². The fourth-order valence-corrected chi connectivity index (χ4v) is 1.93. The summed E-state index contributed by atoms with van der Waals surface area (Å²) >= 11 is 0. The predicted molar refractivity (Wildman–Crippen MR) is 83.8 cm³/mol. The number of methoxy groups -OCH3 is 2. The average Bonchev–Trinajstić information content (AvgIpc) is 2.60. The van der Waals surface area contributed by atoms with Gasteiger partial charge in [0.25, 0.3) is 0 Å². The number of benzene rings is 2. The Bertz CT molecular complexity index is 700. The van der Waals surface area contributed by atoms with Gasteiger partial charge < -0.3 is 24.1 Å². The van der Waals surface area contributed by atoms with Gasteiger partial charge in [-0.3, -0.25) is 0 Å². The molecule has 0 unspecified atom stereocenters. The molecule has 7 heteroatoms. The van der Waals surface area contributed by atoms with Crippen molar-refractivity contribution in [1.29, 1.82) is 0 Å². The van der Waals surface area contributed by atoms with Crippen molar-refractivity contribution in [3.63, 3.8) is 0 Å². The first kappa shape index (κ1) is 17.1. The highest BCUT2D eigenvalue weighted by Crippen LogP contribution is 2.38. The lowest BCUT2D eigenvalue weighted by Gasteiger charge is -2.14. The number of hydrogen-bond acceptors (Lipinski definition) is 6. The molecule has 126 valence electrons. The van der Waals surface area contributed by atoms with Crippen molar-refractivity contribution in [3.8, 4) is 17.2 Å². The number of carboxylic acids is 1. The number of carboxylic acid groups (broad SMARTS) is 1. The molecule has 0 aliphatic rings. The molecule has 0 aromatic heterocycles. The summed E-state index contributed by atoms with van der Waals surface area (Å²) < 4.78 is 20.3. The van der Waals surface area contributed by atoms with Gasteiger partial charge in [-0.1, -0.05) is 30.3 Å². The fourth-order valence-electron chi connectivity index (χ4n) is 1.93. The standard InChI is InChI=1S/C17H16O7/c1-21-13-8-12(16(18)19)9-14(22-2)15(13)24-17(20)23-10-11-6-4-3-5-7-11/h3-9H,10H2,1-2H3,(H,18,19). The van der Waals surface area contributed by atoms with E-state index < -0.39 is 12.1 Å². The van der Waals surface area contributed by atoms with E-state index in [1.54, 1.807) is 12.1 Å². The molecule has 0 spiro atoms. The highest BCUT2D eigenvalue weighted by atomic mass is 16.7. The summed E-state index contributed by atoms with van der Waals surface area (Å²) in [5.74, 6) is -1.13. The maximum absolute atomic E-state index is 11.9. The van der Waals surface area contributed by atoms with Gasteiger partial charge in [0.15, 0.2) is 11.5 Å². The number of carbonyl (C=O) groups excluding carboxylic acids is 1. The van der Waals surface area contributed by atoms with Crippen molar-refractivity contribution in [2.24, 2.45) is 0 Å². The molecule has 0 aliphatic carbocycles. The Balaban J connectivity index is 2.15. The van der Waals surface area contributed by atoms with Crippen molar-refractivity contribution in [3.05, 3.63) is 53.6 Å². The second-order valence-corrected chi connectivity index (χ2v) is 4.64. The van der Waals surface area contributed by atoms with Crippen LogP contribution in [0.15, 0.2) is 42.5 Å². The van der Waals surface area contributed by atoms with E-state index in [0.29, 0.717) is 0 Å². The number of aromatic carboxylic acids is 1. The minimum atomic E-state index is -1.16.